The van der Waals surface area contributed by atoms with E-state index in [9.17, 15) is 61.8 Å². The zero-order valence-corrected chi connectivity index (χ0v) is 41.9. The molecule has 3 aromatic rings. The van der Waals surface area contributed by atoms with Crippen LogP contribution in [0, 0.1) is 0 Å². The second-order valence-electron chi connectivity index (χ2n) is 19.0. The first-order valence-electron chi connectivity index (χ1n) is 23.1. The predicted molar refractivity (Wildman–Crippen MR) is 263 cm³/mol. The number of carboxylic acid groups (broad SMARTS) is 1. The first-order chi connectivity index (χ1) is 32.8. The fraction of sp³-hybridized carbons (Fsp3) is 0.408. The third kappa shape index (κ3) is 10.4. The van der Waals surface area contributed by atoms with Gasteiger partial charge >= 0.3 is 5.97 Å². The first-order valence-corrected chi connectivity index (χ1v) is 29.2. The molecular formula is C49H56N2O15S4. The van der Waals surface area contributed by atoms with Crippen molar-refractivity contribution in [3.8, 4) is 5.75 Å². The van der Waals surface area contributed by atoms with Gasteiger partial charge in [0, 0.05) is 58.3 Å². The Morgan fingerprint density at radius 1 is 0.657 bits per heavy atom. The molecule has 5 N–H and O–H groups in total. The number of aromatic carboxylic acids is 1. The lowest BCUT2D eigenvalue weighted by Crippen LogP contribution is -2.34. The van der Waals surface area contributed by atoms with Crippen molar-refractivity contribution in [2.24, 2.45) is 0 Å². The molecule has 8 rings (SSSR count). The molecule has 0 spiro atoms. The largest absolute Gasteiger partial charge is 0.478 e. The van der Waals surface area contributed by atoms with Crippen molar-refractivity contribution in [3.63, 3.8) is 0 Å². The molecule has 0 saturated heterocycles. The third-order valence-corrected chi connectivity index (χ3v) is 17.7. The number of aryl methyl sites for hydroxylation is 1. The van der Waals surface area contributed by atoms with E-state index in [0.717, 1.165) is 28.7 Å². The number of nitrogens with zero attached hydrogens (tertiary/aromatic N) is 2. The van der Waals surface area contributed by atoms with Crippen LogP contribution in [0.5, 0.6) is 5.75 Å². The average Bonchev–Trinajstić information content (AvgIpc) is 3.80. The summed E-state index contributed by atoms with van der Waals surface area (Å²) in [6, 6.07) is 12.1. The average molecular weight is 1040 g/mol. The van der Waals surface area contributed by atoms with Crippen LogP contribution in [0.4, 0.5) is 11.4 Å². The summed E-state index contributed by atoms with van der Waals surface area (Å²) in [6.07, 6.45) is 14.4. The summed E-state index contributed by atoms with van der Waals surface area (Å²) in [5.74, 6) is -1.32. The highest BCUT2D eigenvalue weighted by molar-refractivity contribution is 7.86. The van der Waals surface area contributed by atoms with Crippen molar-refractivity contribution in [2.45, 2.75) is 112 Å². The van der Waals surface area contributed by atoms with E-state index in [0.29, 0.717) is 90.5 Å². The van der Waals surface area contributed by atoms with Crippen molar-refractivity contribution in [1.29, 1.82) is 0 Å². The summed E-state index contributed by atoms with van der Waals surface area (Å²) in [5, 5.41) is 9.64. The van der Waals surface area contributed by atoms with Gasteiger partial charge in [-0.2, -0.15) is 33.7 Å². The van der Waals surface area contributed by atoms with Gasteiger partial charge in [0.15, 0.2) is 0 Å². The van der Waals surface area contributed by atoms with Crippen LogP contribution in [0.15, 0.2) is 117 Å². The molecule has 17 nitrogen and oxygen atoms in total. The topological polar surface area (TPSA) is 270 Å². The van der Waals surface area contributed by atoms with Crippen molar-refractivity contribution >= 4 is 57.8 Å². The maximum atomic E-state index is 13.0. The minimum atomic E-state index is -4.74. The van der Waals surface area contributed by atoms with Crippen LogP contribution in [0.3, 0.4) is 0 Å². The Hall–Kier alpha value is -5.13. The van der Waals surface area contributed by atoms with Gasteiger partial charge in [0.05, 0.1) is 17.1 Å². The van der Waals surface area contributed by atoms with Gasteiger partial charge in [-0.05, 0) is 141 Å². The maximum Gasteiger partial charge on any atom is 0.335 e. The molecule has 0 bridgehead atoms. The molecule has 21 heteroatoms. The normalized spacial score (nSPS) is 22.5. The van der Waals surface area contributed by atoms with Gasteiger partial charge in [0.2, 0.25) is 0 Å². The van der Waals surface area contributed by atoms with Crippen LogP contribution in [-0.4, -0.2) is 87.6 Å². The first kappa shape index (κ1) is 51.2. The van der Waals surface area contributed by atoms with Crippen LogP contribution in [0.25, 0.3) is 0 Å². The third-order valence-electron chi connectivity index (χ3n) is 14.3. The van der Waals surface area contributed by atoms with Crippen LogP contribution in [0.2, 0.25) is 0 Å². The molecule has 0 fully saturated rings. The zero-order valence-electron chi connectivity index (χ0n) is 38.7. The molecule has 2 atom stereocenters. The number of allylic oxidation sites excluding steroid dienone is 8. The fourth-order valence-corrected chi connectivity index (χ4v) is 13.7. The smallest absolute Gasteiger partial charge is 0.335 e. The van der Waals surface area contributed by atoms with E-state index >= 15 is 0 Å². The summed E-state index contributed by atoms with van der Waals surface area (Å²) in [6.45, 7) is 4.78. The van der Waals surface area contributed by atoms with Crippen molar-refractivity contribution in [2.75, 3.05) is 34.4 Å². The Morgan fingerprint density at radius 2 is 1.24 bits per heavy atom. The number of hydrogen-bond donors (Lipinski definition) is 5. The highest BCUT2D eigenvalue weighted by Crippen LogP contribution is 2.56. The van der Waals surface area contributed by atoms with Crippen LogP contribution in [0.1, 0.15) is 111 Å². The van der Waals surface area contributed by atoms with Gasteiger partial charge < -0.3 is 19.6 Å². The van der Waals surface area contributed by atoms with Gasteiger partial charge in [-0.25, -0.2) is 4.79 Å². The lowest BCUT2D eigenvalue weighted by atomic mass is 9.69. The molecular weight excluding hydrogens is 985 g/mol. The Kier molecular flexibility index (Phi) is 14.0. The van der Waals surface area contributed by atoms with E-state index in [1.165, 1.54) is 36.4 Å². The van der Waals surface area contributed by atoms with E-state index in [1.54, 1.807) is 12.1 Å². The number of benzene rings is 3. The maximum absolute atomic E-state index is 13.0. The lowest BCUT2D eigenvalue weighted by molar-refractivity contribution is 0.0696. The number of rotatable bonds is 18. The number of ether oxygens (including phenoxy) is 1. The molecule has 0 aromatic heterocycles. The van der Waals surface area contributed by atoms with Gasteiger partial charge in [-0.1, -0.05) is 50.1 Å². The summed E-state index contributed by atoms with van der Waals surface area (Å²) < 4.78 is 146. The highest BCUT2D eigenvalue weighted by Gasteiger charge is 2.49. The van der Waals surface area contributed by atoms with E-state index in [-0.39, 0.29) is 53.9 Å². The Morgan fingerprint density at radius 3 is 1.83 bits per heavy atom. The summed E-state index contributed by atoms with van der Waals surface area (Å²) >= 11 is 0. The van der Waals surface area contributed by atoms with E-state index in [2.05, 4.69) is 4.90 Å². The number of anilines is 2. The van der Waals surface area contributed by atoms with Crippen LogP contribution in [-0.2, 0) is 64.1 Å². The Labute approximate surface area is 408 Å². The van der Waals surface area contributed by atoms with E-state index < -0.39 is 68.8 Å². The number of carbonyl (C=O) groups is 1. The summed E-state index contributed by atoms with van der Waals surface area (Å²) in [7, 11) is -18.0. The summed E-state index contributed by atoms with van der Waals surface area (Å²) in [5.41, 5.74) is 4.64. The minimum absolute atomic E-state index is 0.0437. The monoisotopic (exact) mass is 1040 g/mol. The highest BCUT2D eigenvalue weighted by atomic mass is 32.2. The zero-order chi connectivity index (χ0) is 50.6. The number of unbranched alkanes of at least 4 members (excludes halogenated alkanes) is 2. The van der Waals surface area contributed by atoms with Crippen LogP contribution < -0.4 is 14.5 Å². The van der Waals surface area contributed by atoms with Gasteiger partial charge in [-0.15, -0.1) is 0 Å². The Balaban J connectivity index is 1.26. The molecule has 0 amide bonds. The summed E-state index contributed by atoms with van der Waals surface area (Å²) in [4.78, 5) is 15.3. The molecule has 3 aromatic carbocycles. The predicted octanol–water partition coefficient (Wildman–Crippen LogP) is 8.12. The van der Waals surface area contributed by atoms with Gasteiger partial charge in [0.1, 0.15) is 21.3 Å². The van der Waals surface area contributed by atoms with E-state index in [4.69, 9.17) is 4.74 Å². The van der Waals surface area contributed by atoms with Gasteiger partial charge in [-0.3, -0.25) is 18.2 Å². The second kappa shape index (κ2) is 19.1. The van der Waals surface area contributed by atoms with Crippen molar-refractivity contribution < 1.29 is 66.5 Å². The molecule has 4 heterocycles. The van der Waals surface area contributed by atoms with Crippen molar-refractivity contribution in [3.05, 3.63) is 135 Å². The fourth-order valence-electron chi connectivity index (χ4n) is 11.0. The number of carboxylic acids is 1. The van der Waals surface area contributed by atoms with E-state index in [1.807, 2.05) is 49.3 Å². The van der Waals surface area contributed by atoms with Crippen LogP contribution >= 0.6 is 0 Å². The molecule has 4 aliphatic heterocycles. The second-order valence-corrected chi connectivity index (χ2v) is 24.9. The van der Waals surface area contributed by atoms with Gasteiger partial charge in [0.25, 0.3) is 40.5 Å². The molecule has 376 valence electrons. The lowest BCUT2D eigenvalue weighted by Gasteiger charge is -2.41. The molecule has 0 saturated carbocycles. The SMILES string of the molecule is CC1(CCCCS(=O)(=O)O)C(/C=C/C2=C(Oc3ccc(C(=O)O)cc3)C(=C/C=C3\N4CCCc5ccc(S(=O)(=O)O)c(c54)C3(C)CCCCS(=O)(=O)O)/CCC2)=CN2CCc3ccc(S(=O)(=O)O)c1c32. The standard InChI is InChI=1S/C49H56N2O15S4/c1-48(25-3-5-29-67(54,55)56)37(31-50-28-24-33-16-22-39(69(60,61)62)42(48)44(33)50)18-12-34-9-7-10-35(46(34)66-38-19-13-36(14-20-38)47(52)53)17-23-41-49(2,26-4-6-30-68(57,58)59)43-40(70(63,64)65)21-15-32-11-8-27-51(41)45(32)43/h12-23,31H,3-11,24-30H2,1-2H3,(H,52,53)(H,54,55,56)(H,57,58,59)(H,60,61,62)(H,63,64,65)/b18-12+,35-17+,41-23-. The molecule has 70 heavy (non-hydrogen) atoms. The molecule has 5 aliphatic rings. The molecule has 1 aliphatic carbocycles. The number of hydrogen-bond acceptors (Lipinski definition) is 12. The minimum Gasteiger partial charge on any atom is -0.478 e. The Bertz CT molecular complexity index is 3270. The molecule has 0 radical (unpaired) electrons. The molecule has 2 unspecified atom stereocenters. The van der Waals surface area contributed by atoms with Crippen molar-refractivity contribution in [1.82, 2.24) is 0 Å². The quantitative estimate of drug-likeness (QED) is 0.0594.